The maximum atomic E-state index is 4.40. The maximum Gasteiger partial charge on any atom is 0.132 e. The van der Waals surface area contributed by atoms with Crippen molar-refractivity contribution in [3.05, 3.63) is 42.4 Å². The molecule has 116 valence electrons. The van der Waals surface area contributed by atoms with Gasteiger partial charge in [-0.3, -0.25) is 14.9 Å². The van der Waals surface area contributed by atoms with Crippen molar-refractivity contribution < 1.29 is 0 Å². The standard InChI is InChI=1S/C16H22N6/c1-13-8-16(20-12-19-13)21(2)15-4-3-7-22(11-15)10-14-9-17-5-6-18-14/h5-6,8-9,12,15H,3-4,7,10-11H2,1-2H3. The Labute approximate surface area is 131 Å². The monoisotopic (exact) mass is 298 g/mol. The summed E-state index contributed by atoms with van der Waals surface area (Å²) in [5.74, 6) is 0.999. The lowest BCUT2D eigenvalue weighted by Gasteiger charge is -2.38. The molecule has 22 heavy (non-hydrogen) atoms. The highest BCUT2D eigenvalue weighted by molar-refractivity contribution is 5.39. The number of hydrogen-bond acceptors (Lipinski definition) is 6. The van der Waals surface area contributed by atoms with Crippen molar-refractivity contribution in [3.8, 4) is 0 Å². The molecule has 2 aromatic heterocycles. The third kappa shape index (κ3) is 3.57. The summed E-state index contributed by atoms with van der Waals surface area (Å²) in [6.07, 6.45) is 9.35. The minimum Gasteiger partial charge on any atom is -0.355 e. The molecule has 3 rings (SSSR count). The van der Waals surface area contributed by atoms with Crippen LogP contribution < -0.4 is 4.90 Å². The molecule has 2 aromatic rings. The Morgan fingerprint density at radius 1 is 1.27 bits per heavy atom. The van der Waals surface area contributed by atoms with Gasteiger partial charge in [0.25, 0.3) is 0 Å². The Bertz CT molecular complexity index is 603. The summed E-state index contributed by atoms with van der Waals surface area (Å²) in [6.45, 7) is 5.00. The first kappa shape index (κ1) is 14.8. The fourth-order valence-electron chi connectivity index (χ4n) is 2.95. The first-order chi connectivity index (χ1) is 10.7. The van der Waals surface area contributed by atoms with Crippen molar-refractivity contribution in [1.29, 1.82) is 0 Å². The number of aryl methyl sites for hydroxylation is 1. The van der Waals surface area contributed by atoms with Gasteiger partial charge in [0, 0.05) is 56.5 Å². The fraction of sp³-hybridized carbons (Fsp3) is 0.500. The van der Waals surface area contributed by atoms with E-state index < -0.39 is 0 Å². The molecule has 0 radical (unpaired) electrons. The Kier molecular flexibility index (Phi) is 4.58. The van der Waals surface area contributed by atoms with Crippen molar-refractivity contribution in [2.75, 3.05) is 25.0 Å². The van der Waals surface area contributed by atoms with Crippen LogP contribution in [0.25, 0.3) is 0 Å². The largest absolute Gasteiger partial charge is 0.355 e. The Balaban J connectivity index is 1.65. The van der Waals surface area contributed by atoms with Crippen molar-refractivity contribution in [2.45, 2.75) is 32.4 Å². The van der Waals surface area contributed by atoms with Gasteiger partial charge in [-0.2, -0.15) is 0 Å². The van der Waals surface area contributed by atoms with Gasteiger partial charge in [-0.15, -0.1) is 0 Å². The summed E-state index contributed by atoms with van der Waals surface area (Å²) in [4.78, 5) is 21.8. The van der Waals surface area contributed by atoms with Crippen LogP contribution in [0.5, 0.6) is 0 Å². The van der Waals surface area contributed by atoms with Crippen LogP contribution in [0, 0.1) is 6.92 Å². The average molecular weight is 298 g/mol. The van der Waals surface area contributed by atoms with E-state index in [4.69, 9.17) is 0 Å². The molecule has 1 saturated heterocycles. The summed E-state index contributed by atoms with van der Waals surface area (Å²) in [5.41, 5.74) is 2.03. The molecular formula is C16H22N6. The topological polar surface area (TPSA) is 58.0 Å². The zero-order valence-electron chi connectivity index (χ0n) is 13.2. The van der Waals surface area contributed by atoms with E-state index in [1.54, 1.807) is 18.7 Å². The van der Waals surface area contributed by atoms with Crippen LogP contribution in [-0.2, 0) is 6.54 Å². The van der Waals surface area contributed by atoms with E-state index in [1.807, 2.05) is 19.2 Å². The Hall–Kier alpha value is -2.08. The molecule has 3 heterocycles. The van der Waals surface area contributed by atoms with Crippen molar-refractivity contribution in [2.24, 2.45) is 0 Å². The van der Waals surface area contributed by atoms with Crippen LogP contribution in [0.4, 0.5) is 5.82 Å². The molecule has 0 amide bonds. The van der Waals surface area contributed by atoms with E-state index in [0.29, 0.717) is 6.04 Å². The van der Waals surface area contributed by atoms with Crippen molar-refractivity contribution >= 4 is 5.82 Å². The van der Waals surface area contributed by atoms with E-state index in [9.17, 15) is 0 Å². The minimum absolute atomic E-state index is 0.472. The number of nitrogens with zero attached hydrogens (tertiary/aromatic N) is 6. The van der Waals surface area contributed by atoms with Gasteiger partial charge in [-0.25, -0.2) is 9.97 Å². The predicted octanol–water partition coefficient (Wildman–Crippen LogP) is 1.68. The number of likely N-dealkylation sites (tertiary alicyclic amines) is 1. The van der Waals surface area contributed by atoms with Gasteiger partial charge in [-0.1, -0.05) is 0 Å². The highest BCUT2D eigenvalue weighted by Gasteiger charge is 2.24. The summed E-state index contributed by atoms with van der Waals surface area (Å²) >= 11 is 0. The molecule has 1 unspecified atom stereocenters. The van der Waals surface area contributed by atoms with Crippen molar-refractivity contribution in [1.82, 2.24) is 24.8 Å². The van der Waals surface area contributed by atoms with Crippen LogP contribution in [0.15, 0.2) is 31.0 Å². The van der Waals surface area contributed by atoms with Crippen molar-refractivity contribution in [3.63, 3.8) is 0 Å². The van der Waals surface area contributed by atoms with Crippen LogP contribution in [0.2, 0.25) is 0 Å². The lowest BCUT2D eigenvalue weighted by molar-refractivity contribution is 0.196. The highest BCUT2D eigenvalue weighted by Crippen LogP contribution is 2.20. The lowest BCUT2D eigenvalue weighted by atomic mass is 10.0. The molecule has 0 saturated carbocycles. The van der Waals surface area contributed by atoms with Crippen LogP contribution in [0.3, 0.4) is 0 Å². The number of likely N-dealkylation sites (N-methyl/N-ethyl adjacent to an activating group) is 1. The number of rotatable bonds is 4. The molecular weight excluding hydrogens is 276 g/mol. The second kappa shape index (κ2) is 6.79. The van der Waals surface area contributed by atoms with Gasteiger partial charge in [0.2, 0.25) is 0 Å². The number of anilines is 1. The van der Waals surface area contributed by atoms with Gasteiger partial charge in [0.1, 0.15) is 12.1 Å². The Morgan fingerprint density at radius 2 is 2.18 bits per heavy atom. The number of hydrogen-bond donors (Lipinski definition) is 0. The first-order valence-corrected chi connectivity index (χ1v) is 7.71. The van der Waals surface area contributed by atoms with Gasteiger partial charge in [0.15, 0.2) is 0 Å². The van der Waals surface area contributed by atoms with E-state index in [2.05, 4.69) is 36.8 Å². The van der Waals surface area contributed by atoms with E-state index in [1.165, 1.54) is 12.8 Å². The summed E-state index contributed by atoms with van der Waals surface area (Å²) in [7, 11) is 2.12. The zero-order chi connectivity index (χ0) is 15.4. The molecule has 1 fully saturated rings. The minimum atomic E-state index is 0.472. The molecule has 1 atom stereocenters. The molecule has 6 heteroatoms. The number of piperidine rings is 1. The first-order valence-electron chi connectivity index (χ1n) is 7.71. The third-order valence-electron chi connectivity index (χ3n) is 4.18. The summed E-state index contributed by atoms with van der Waals surface area (Å²) in [6, 6.07) is 2.52. The van der Waals surface area contributed by atoms with Gasteiger partial charge >= 0.3 is 0 Å². The second-order valence-corrected chi connectivity index (χ2v) is 5.86. The van der Waals surface area contributed by atoms with E-state index >= 15 is 0 Å². The Morgan fingerprint density at radius 3 is 2.95 bits per heavy atom. The molecule has 0 spiro atoms. The predicted molar refractivity (Wildman–Crippen MR) is 85.5 cm³/mol. The van der Waals surface area contributed by atoms with Gasteiger partial charge < -0.3 is 4.90 Å². The average Bonchev–Trinajstić information content (AvgIpc) is 2.55. The number of aromatic nitrogens is 4. The molecule has 0 aliphatic carbocycles. The molecule has 1 aliphatic rings. The molecule has 6 nitrogen and oxygen atoms in total. The quantitative estimate of drug-likeness (QED) is 0.856. The molecule has 0 bridgehead atoms. The van der Waals surface area contributed by atoms with Crippen LogP contribution >= 0.6 is 0 Å². The fourth-order valence-corrected chi connectivity index (χ4v) is 2.95. The molecule has 0 aromatic carbocycles. The van der Waals surface area contributed by atoms with E-state index in [0.717, 1.165) is 36.8 Å². The normalized spacial score (nSPS) is 19.1. The lowest BCUT2D eigenvalue weighted by Crippen LogP contribution is -2.46. The van der Waals surface area contributed by atoms with Crippen LogP contribution in [0.1, 0.15) is 24.2 Å². The molecule has 1 aliphatic heterocycles. The third-order valence-corrected chi connectivity index (χ3v) is 4.18. The van der Waals surface area contributed by atoms with Gasteiger partial charge in [-0.05, 0) is 26.3 Å². The highest BCUT2D eigenvalue weighted by atomic mass is 15.3. The van der Waals surface area contributed by atoms with Crippen LogP contribution in [-0.4, -0.2) is 51.0 Å². The second-order valence-electron chi connectivity index (χ2n) is 5.86. The maximum absolute atomic E-state index is 4.40. The van der Waals surface area contributed by atoms with Gasteiger partial charge in [0.05, 0.1) is 5.69 Å². The SMILES string of the molecule is Cc1cc(N(C)C2CCCN(Cc3cnccn3)C2)ncn1. The summed E-state index contributed by atoms with van der Waals surface area (Å²) in [5, 5.41) is 0. The smallest absolute Gasteiger partial charge is 0.132 e. The molecule has 0 N–H and O–H groups in total. The zero-order valence-corrected chi connectivity index (χ0v) is 13.2. The summed E-state index contributed by atoms with van der Waals surface area (Å²) < 4.78 is 0. The van der Waals surface area contributed by atoms with E-state index in [-0.39, 0.29) is 0 Å².